The molecule has 0 aromatic rings. The molecule has 10 heavy (non-hydrogen) atoms. The van der Waals surface area contributed by atoms with Crippen LogP contribution in [0.4, 0.5) is 0 Å². The predicted molar refractivity (Wildman–Crippen MR) is 40.5 cm³/mol. The van der Waals surface area contributed by atoms with Gasteiger partial charge in [0.05, 0.1) is 6.10 Å². The lowest BCUT2D eigenvalue weighted by Gasteiger charge is -2.41. The van der Waals surface area contributed by atoms with Gasteiger partial charge in [-0.1, -0.05) is 13.8 Å². The monoisotopic (exact) mass is 140 g/mol. The van der Waals surface area contributed by atoms with Gasteiger partial charge in [-0.3, -0.25) is 0 Å². The van der Waals surface area contributed by atoms with Crippen molar-refractivity contribution in [2.75, 3.05) is 0 Å². The largest absolute Gasteiger partial charge is 0.393 e. The second-order valence-corrected chi connectivity index (χ2v) is 4.23. The molecule has 0 saturated heterocycles. The Balaban J connectivity index is 2.09. The van der Waals surface area contributed by atoms with Gasteiger partial charge in [0.2, 0.25) is 0 Å². The zero-order chi connectivity index (χ0) is 7.30. The molecule has 2 aliphatic rings. The molecule has 0 aromatic heterocycles. The number of rotatable bonds is 0. The maximum absolute atomic E-state index is 9.51. The lowest BCUT2D eigenvalue weighted by molar-refractivity contribution is 0.0176. The second-order valence-electron chi connectivity index (χ2n) is 4.23. The maximum Gasteiger partial charge on any atom is 0.0574 e. The van der Waals surface area contributed by atoms with E-state index in [0.717, 1.165) is 24.2 Å². The van der Waals surface area contributed by atoms with Crippen molar-refractivity contribution in [2.45, 2.75) is 32.8 Å². The highest BCUT2D eigenvalue weighted by Crippen LogP contribution is 2.53. The molecule has 5 unspecified atom stereocenters. The Bertz CT molecular complexity index is 144. The van der Waals surface area contributed by atoms with Crippen LogP contribution in [0.3, 0.4) is 0 Å². The summed E-state index contributed by atoms with van der Waals surface area (Å²) in [6.07, 6.45) is 2.37. The van der Waals surface area contributed by atoms with Crippen LogP contribution in [-0.4, -0.2) is 11.2 Å². The molecule has 0 aliphatic heterocycles. The van der Waals surface area contributed by atoms with Crippen molar-refractivity contribution in [1.29, 1.82) is 0 Å². The van der Waals surface area contributed by atoms with Crippen LogP contribution in [-0.2, 0) is 0 Å². The highest BCUT2D eigenvalue weighted by molar-refractivity contribution is 4.99. The minimum Gasteiger partial charge on any atom is -0.393 e. The fourth-order valence-corrected chi connectivity index (χ4v) is 3.08. The Morgan fingerprint density at radius 1 is 1.10 bits per heavy atom. The number of aliphatic hydroxyl groups is 1. The molecule has 0 amide bonds. The van der Waals surface area contributed by atoms with E-state index in [9.17, 15) is 5.11 Å². The highest BCUT2D eigenvalue weighted by Gasteiger charge is 2.50. The van der Waals surface area contributed by atoms with Crippen LogP contribution >= 0.6 is 0 Å². The molecule has 2 saturated carbocycles. The van der Waals surface area contributed by atoms with Crippen molar-refractivity contribution in [3.63, 3.8) is 0 Å². The van der Waals surface area contributed by atoms with Gasteiger partial charge < -0.3 is 5.11 Å². The molecule has 0 heterocycles. The van der Waals surface area contributed by atoms with Gasteiger partial charge in [0.15, 0.2) is 0 Å². The second kappa shape index (κ2) is 1.97. The topological polar surface area (TPSA) is 20.2 Å². The van der Waals surface area contributed by atoms with Crippen LogP contribution in [0.15, 0.2) is 0 Å². The fraction of sp³-hybridized carbons (Fsp3) is 1.00. The molecule has 1 N–H and O–H groups in total. The van der Waals surface area contributed by atoms with Gasteiger partial charge in [0.25, 0.3) is 0 Å². The number of fused-ring (bicyclic) bond motifs is 1. The summed E-state index contributed by atoms with van der Waals surface area (Å²) in [4.78, 5) is 0. The van der Waals surface area contributed by atoms with E-state index < -0.39 is 0 Å². The molecule has 1 nitrogen and oxygen atoms in total. The standard InChI is InChI=1S/C9H16O/c1-5-3-7-8(10)4-6(2)9(5)7/h5-10H,3-4H2,1-2H3. The van der Waals surface area contributed by atoms with Gasteiger partial charge in [-0.2, -0.15) is 0 Å². The van der Waals surface area contributed by atoms with Crippen molar-refractivity contribution in [3.8, 4) is 0 Å². The molecule has 5 atom stereocenters. The molecule has 2 fully saturated rings. The van der Waals surface area contributed by atoms with E-state index in [1.165, 1.54) is 6.42 Å². The summed E-state index contributed by atoms with van der Waals surface area (Å²) < 4.78 is 0. The first-order chi connectivity index (χ1) is 4.70. The van der Waals surface area contributed by atoms with E-state index in [-0.39, 0.29) is 6.10 Å². The molecular formula is C9H16O. The number of hydrogen-bond acceptors (Lipinski definition) is 1. The Labute approximate surface area is 62.4 Å². The molecule has 58 valence electrons. The Morgan fingerprint density at radius 3 is 2.10 bits per heavy atom. The molecule has 0 spiro atoms. The third kappa shape index (κ3) is 0.672. The summed E-state index contributed by atoms with van der Waals surface area (Å²) >= 11 is 0. The lowest BCUT2D eigenvalue weighted by atomic mass is 9.65. The molecule has 0 radical (unpaired) electrons. The number of aliphatic hydroxyl groups excluding tert-OH is 1. The normalized spacial score (nSPS) is 59.7. The average molecular weight is 140 g/mol. The van der Waals surface area contributed by atoms with E-state index in [1.807, 2.05) is 0 Å². The molecule has 2 aliphatic carbocycles. The summed E-state index contributed by atoms with van der Waals surface area (Å²) in [6, 6.07) is 0. The SMILES string of the molecule is CC1CC(O)C2CC(C)C12. The first-order valence-corrected chi connectivity index (χ1v) is 4.38. The van der Waals surface area contributed by atoms with Crippen molar-refractivity contribution >= 4 is 0 Å². The maximum atomic E-state index is 9.51. The fourth-order valence-electron chi connectivity index (χ4n) is 3.08. The zero-order valence-electron chi connectivity index (χ0n) is 6.75. The third-order valence-corrected chi connectivity index (χ3v) is 3.56. The van der Waals surface area contributed by atoms with Gasteiger partial charge >= 0.3 is 0 Å². The van der Waals surface area contributed by atoms with Crippen LogP contribution in [0.25, 0.3) is 0 Å². The average Bonchev–Trinajstić information content (AvgIpc) is 2.01. The van der Waals surface area contributed by atoms with Crippen LogP contribution in [0.2, 0.25) is 0 Å². The molecule has 0 bridgehead atoms. The Kier molecular flexibility index (Phi) is 1.31. The first kappa shape index (κ1) is 6.66. The van der Waals surface area contributed by atoms with Crippen molar-refractivity contribution < 1.29 is 5.11 Å². The van der Waals surface area contributed by atoms with Crippen LogP contribution < -0.4 is 0 Å². The lowest BCUT2D eigenvalue weighted by Crippen LogP contribution is -2.37. The number of hydrogen-bond donors (Lipinski definition) is 1. The smallest absolute Gasteiger partial charge is 0.0574 e. The van der Waals surface area contributed by atoms with E-state index in [4.69, 9.17) is 0 Å². The van der Waals surface area contributed by atoms with E-state index in [0.29, 0.717) is 5.92 Å². The highest BCUT2D eigenvalue weighted by atomic mass is 16.3. The van der Waals surface area contributed by atoms with E-state index >= 15 is 0 Å². The zero-order valence-corrected chi connectivity index (χ0v) is 6.75. The van der Waals surface area contributed by atoms with Crippen molar-refractivity contribution in [2.24, 2.45) is 23.7 Å². The van der Waals surface area contributed by atoms with E-state index in [1.54, 1.807) is 0 Å². The molecule has 0 aromatic carbocycles. The Morgan fingerprint density at radius 2 is 1.70 bits per heavy atom. The first-order valence-electron chi connectivity index (χ1n) is 4.38. The summed E-state index contributed by atoms with van der Waals surface area (Å²) in [6.45, 7) is 4.60. The minimum atomic E-state index is 0.0381. The predicted octanol–water partition coefficient (Wildman–Crippen LogP) is 1.66. The summed E-state index contributed by atoms with van der Waals surface area (Å²) in [5.41, 5.74) is 0. The summed E-state index contributed by atoms with van der Waals surface area (Å²) in [7, 11) is 0. The Hall–Kier alpha value is -0.0400. The van der Waals surface area contributed by atoms with E-state index in [2.05, 4.69) is 13.8 Å². The van der Waals surface area contributed by atoms with Gasteiger partial charge in [-0.25, -0.2) is 0 Å². The van der Waals surface area contributed by atoms with Crippen LogP contribution in [0.5, 0.6) is 0 Å². The molecule has 2 rings (SSSR count). The van der Waals surface area contributed by atoms with Gasteiger partial charge in [-0.15, -0.1) is 0 Å². The van der Waals surface area contributed by atoms with Crippen LogP contribution in [0.1, 0.15) is 26.7 Å². The summed E-state index contributed by atoms with van der Waals surface area (Å²) in [5.74, 6) is 3.20. The molecule has 1 heteroatoms. The molecular weight excluding hydrogens is 124 g/mol. The van der Waals surface area contributed by atoms with Gasteiger partial charge in [0, 0.05) is 0 Å². The quantitative estimate of drug-likeness (QED) is 0.542. The van der Waals surface area contributed by atoms with Gasteiger partial charge in [-0.05, 0) is 36.5 Å². The third-order valence-electron chi connectivity index (χ3n) is 3.56. The van der Waals surface area contributed by atoms with Crippen molar-refractivity contribution in [1.82, 2.24) is 0 Å². The van der Waals surface area contributed by atoms with Gasteiger partial charge in [0.1, 0.15) is 0 Å². The van der Waals surface area contributed by atoms with Crippen molar-refractivity contribution in [3.05, 3.63) is 0 Å². The summed E-state index contributed by atoms with van der Waals surface area (Å²) in [5, 5.41) is 9.51. The minimum absolute atomic E-state index is 0.0381. The van der Waals surface area contributed by atoms with Crippen LogP contribution in [0, 0.1) is 23.7 Å².